The number of carbonyl (C=O) groups excluding carboxylic acids is 2. The van der Waals surface area contributed by atoms with Crippen molar-refractivity contribution < 1.29 is 14.1 Å². The molecule has 1 aliphatic rings. The minimum absolute atomic E-state index is 0.0664. The van der Waals surface area contributed by atoms with Crippen LogP contribution in [0.2, 0.25) is 0 Å². The van der Waals surface area contributed by atoms with Crippen LogP contribution in [0.15, 0.2) is 50.9 Å². The van der Waals surface area contributed by atoms with Gasteiger partial charge in [0.2, 0.25) is 5.91 Å². The zero-order chi connectivity index (χ0) is 19.5. The second kappa shape index (κ2) is 8.24. The molecule has 0 aliphatic carbocycles. The predicted molar refractivity (Wildman–Crippen MR) is 109 cm³/mol. The number of nitrogens with one attached hydrogen (secondary N) is 1. The van der Waals surface area contributed by atoms with E-state index in [1.165, 1.54) is 11.3 Å². The second-order valence-corrected chi connectivity index (χ2v) is 8.33. The third-order valence-electron chi connectivity index (χ3n) is 4.62. The molecular weight excluding hydrogens is 444 g/mol. The van der Waals surface area contributed by atoms with E-state index in [1.54, 1.807) is 23.2 Å². The third kappa shape index (κ3) is 4.15. The summed E-state index contributed by atoms with van der Waals surface area (Å²) in [4.78, 5) is 31.9. The number of nitrogens with zero attached hydrogens (tertiary/aromatic N) is 3. The van der Waals surface area contributed by atoms with Gasteiger partial charge in [-0.3, -0.25) is 9.59 Å². The van der Waals surface area contributed by atoms with E-state index in [1.807, 2.05) is 23.6 Å². The predicted octanol–water partition coefficient (Wildman–Crippen LogP) is 4.05. The molecule has 0 aromatic carbocycles. The van der Waals surface area contributed by atoms with Crippen LogP contribution in [0.25, 0.3) is 10.6 Å². The summed E-state index contributed by atoms with van der Waals surface area (Å²) in [7, 11) is 0. The van der Waals surface area contributed by atoms with Gasteiger partial charge in [0.15, 0.2) is 11.5 Å². The Kier molecular flexibility index (Phi) is 5.54. The molecule has 3 aromatic heterocycles. The summed E-state index contributed by atoms with van der Waals surface area (Å²) in [6, 6.07) is 9.09. The number of rotatable bonds is 4. The Morgan fingerprint density at radius 2 is 2.07 bits per heavy atom. The van der Waals surface area contributed by atoms with Crippen molar-refractivity contribution in [2.75, 3.05) is 18.4 Å². The number of thiophene rings is 1. The van der Waals surface area contributed by atoms with Crippen molar-refractivity contribution in [3.8, 4) is 10.6 Å². The molecule has 1 fully saturated rings. The van der Waals surface area contributed by atoms with Crippen LogP contribution in [0.5, 0.6) is 0 Å². The fourth-order valence-electron chi connectivity index (χ4n) is 3.10. The highest BCUT2D eigenvalue weighted by atomic mass is 79.9. The van der Waals surface area contributed by atoms with Crippen LogP contribution < -0.4 is 5.32 Å². The van der Waals surface area contributed by atoms with Crippen molar-refractivity contribution in [1.82, 2.24) is 15.0 Å². The number of halogens is 1. The van der Waals surface area contributed by atoms with Crippen LogP contribution in [0, 0.1) is 5.92 Å². The molecular formula is C19H17BrN4O3S. The van der Waals surface area contributed by atoms with E-state index >= 15 is 0 Å². The molecule has 2 amide bonds. The minimum atomic E-state index is -0.167. The lowest BCUT2D eigenvalue weighted by molar-refractivity contribution is -0.121. The Bertz CT molecular complexity index is 963. The summed E-state index contributed by atoms with van der Waals surface area (Å²) in [5, 5.41) is 8.69. The molecule has 0 saturated carbocycles. The first-order chi connectivity index (χ1) is 13.6. The molecule has 0 spiro atoms. The molecule has 28 heavy (non-hydrogen) atoms. The molecule has 144 valence electrons. The quantitative estimate of drug-likeness (QED) is 0.634. The molecule has 1 N–H and O–H groups in total. The molecule has 1 saturated heterocycles. The van der Waals surface area contributed by atoms with Gasteiger partial charge in [0, 0.05) is 35.7 Å². The van der Waals surface area contributed by atoms with E-state index in [0.29, 0.717) is 43.2 Å². The third-order valence-corrected chi connectivity index (χ3v) is 5.98. The van der Waals surface area contributed by atoms with Crippen molar-refractivity contribution in [2.24, 2.45) is 5.92 Å². The summed E-state index contributed by atoms with van der Waals surface area (Å²) in [5.41, 5.74) is 0.297. The van der Waals surface area contributed by atoms with Gasteiger partial charge in [-0.25, -0.2) is 4.98 Å². The van der Waals surface area contributed by atoms with Gasteiger partial charge in [-0.15, -0.1) is 11.3 Å². The number of piperidine rings is 1. The first-order valence-corrected chi connectivity index (χ1v) is 10.5. The molecule has 7 nitrogen and oxygen atoms in total. The fraction of sp³-hybridized carbons (Fsp3) is 0.263. The van der Waals surface area contributed by atoms with E-state index in [2.05, 4.69) is 31.4 Å². The van der Waals surface area contributed by atoms with Gasteiger partial charge in [-0.2, -0.15) is 0 Å². The number of carbonyl (C=O) groups is 2. The zero-order valence-electron chi connectivity index (χ0n) is 14.8. The van der Waals surface area contributed by atoms with E-state index in [0.717, 1.165) is 9.35 Å². The number of amides is 2. The van der Waals surface area contributed by atoms with Crippen LogP contribution >= 0.6 is 27.3 Å². The summed E-state index contributed by atoms with van der Waals surface area (Å²) >= 11 is 4.85. The molecule has 1 aliphatic heterocycles. The zero-order valence-corrected chi connectivity index (χ0v) is 17.2. The van der Waals surface area contributed by atoms with Gasteiger partial charge in [0.25, 0.3) is 5.91 Å². The van der Waals surface area contributed by atoms with Crippen LogP contribution in [-0.2, 0) is 4.79 Å². The molecule has 9 heteroatoms. The molecule has 0 bridgehead atoms. The van der Waals surface area contributed by atoms with Crippen molar-refractivity contribution in [2.45, 2.75) is 12.8 Å². The lowest BCUT2D eigenvalue weighted by atomic mass is 9.95. The van der Waals surface area contributed by atoms with Crippen LogP contribution in [0.1, 0.15) is 23.3 Å². The largest absolute Gasteiger partial charge is 0.355 e. The maximum absolute atomic E-state index is 12.7. The highest BCUT2D eigenvalue weighted by molar-refractivity contribution is 9.10. The fourth-order valence-corrected chi connectivity index (χ4v) is 4.00. The van der Waals surface area contributed by atoms with Gasteiger partial charge >= 0.3 is 0 Å². The summed E-state index contributed by atoms with van der Waals surface area (Å²) in [5.74, 6) is 0.738. The van der Waals surface area contributed by atoms with E-state index in [4.69, 9.17) is 4.52 Å². The average Bonchev–Trinajstić information content (AvgIpc) is 3.41. The number of aromatic nitrogens is 2. The molecule has 0 radical (unpaired) electrons. The summed E-state index contributed by atoms with van der Waals surface area (Å²) in [6.45, 7) is 1.01. The summed E-state index contributed by atoms with van der Waals surface area (Å²) in [6.07, 6.45) is 2.84. The first-order valence-electron chi connectivity index (χ1n) is 8.82. The van der Waals surface area contributed by atoms with Gasteiger partial charge in [-0.05, 0) is 52.4 Å². The van der Waals surface area contributed by atoms with E-state index in [-0.39, 0.29) is 17.7 Å². The topological polar surface area (TPSA) is 88.3 Å². The lowest BCUT2D eigenvalue weighted by Gasteiger charge is -2.30. The number of pyridine rings is 1. The van der Waals surface area contributed by atoms with Gasteiger partial charge in [0.05, 0.1) is 4.88 Å². The van der Waals surface area contributed by atoms with Crippen molar-refractivity contribution in [1.29, 1.82) is 0 Å². The normalized spacial score (nSPS) is 14.8. The Hall–Kier alpha value is -2.52. The highest BCUT2D eigenvalue weighted by Crippen LogP contribution is 2.26. The molecule has 0 unspecified atom stereocenters. The maximum Gasteiger partial charge on any atom is 0.276 e. The Morgan fingerprint density at radius 1 is 1.25 bits per heavy atom. The SMILES string of the molecule is O=C(Nc1ccc(Br)cn1)C1CCN(C(=O)c2cc(-c3cccs3)on2)CC1. The molecule has 4 heterocycles. The Labute approximate surface area is 173 Å². The van der Waals surface area contributed by atoms with Crippen LogP contribution in [0.4, 0.5) is 5.82 Å². The van der Waals surface area contributed by atoms with Gasteiger partial charge in [-0.1, -0.05) is 11.2 Å². The molecule has 4 rings (SSSR count). The maximum atomic E-state index is 12.7. The molecule has 0 atom stereocenters. The standard InChI is InChI=1S/C19H17BrN4O3S/c20-13-3-4-17(21-11-13)22-18(25)12-5-7-24(8-6-12)19(26)14-10-15(27-23-14)16-2-1-9-28-16/h1-4,9-12H,5-8H2,(H,21,22,25). The number of anilines is 1. The van der Waals surface area contributed by atoms with Crippen molar-refractivity contribution >= 4 is 44.9 Å². The van der Waals surface area contributed by atoms with Crippen molar-refractivity contribution in [3.05, 3.63) is 52.1 Å². The van der Waals surface area contributed by atoms with Crippen LogP contribution in [-0.4, -0.2) is 39.9 Å². The van der Waals surface area contributed by atoms with E-state index in [9.17, 15) is 9.59 Å². The number of likely N-dealkylation sites (tertiary alicyclic amines) is 1. The smallest absolute Gasteiger partial charge is 0.276 e. The Morgan fingerprint density at radius 3 is 2.75 bits per heavy atom. The lowest BCUT2D eigenvalue weighted by Crippen LogP contribution is -2.41. The van der Waals surface area contributed by atoms with Gasteiger partial charge in [0.1, 0.15) is 5.82 Å². The number of hydrogen-bond acceptors (Lipinski definition) is 6. The molecule has 3 aromatic rings. The average molecular weight is 461 g/mol. The van der Waals surface area contributed by atoms with E-state index < -0.39 is 0 Å². The second-order valence-electron chi connectivity index (χ2n) is 6.47. The minimum Gasteiger partial charge on any atom is -0.355 e. The van der Waals surface area contributed by atoms with Gasteiger partial charge < -0.3 is 14.7 Å². The Balaban J connectivity index is 1.33. The first kappa shape index (κ1) is 18.8. The monoisotopic (exact) mass is 460 g/mol. The summed E-state index contributed by atoms with van der Waals surface area (Å²) < 4.78 is 6.15. The number of hydrogen-bond donors (Lipinski definition) is 1. The van der Waals surface area contributed by atoms with Crippen LogP contribution in [0.3, 0.4) is 0 Å². The van der Waals surface area contributed by atoms with Crippen molar-refractivity contribution in [3.63, 3.8) is 0 Å². The highest BCUT2D eigenvalue weighted by Gasteiger charge is 2.29.